The van der Waals surface area contributed by atoms with Gasteiger partial charge >= 0.3 is 0 Å². The van der Waals surface area contributed by atoms with Crippen LogP contribution >= 0.6 is 0 Å². The van der Waals surface area contributed by atoms with E-state index in [1.165, 1.54) is 11.9 Å². The van der Waals surface area contributed by atoms with Crippen LogP contribution in [0.25, 0.3) is 10.9 Å². The molecule has 0 aliphatic rings. The molecule has 0 radical (unpaired) electrons. The summed E-state index contributed by atoms with van der Waals surface area (Å²) in [7, 11) is 0. The van der Waals surface area contributed by atoms with Gasteiger partial charge in [0.15, 0.2) is 0 Å². The number of benzene rings is 1. The minimum atomic E-state index is 1.02. The molecule has 0 spiro atoms. The van der Waals surface area contributed by atoms with Crippen molar-refractivity contribution in [1.29, 1.82) is 0 Å². The first-order chi connectivity index (χ1) is 7.85. The zero-order valence-corrected chi connectivity index (χ0v) is 9.14. The lowest BCUT2D eigenvalue weighted by Gasteiger charge is -1.96. The Bertz CT molecular complexity index is 537. The van der Waals surface area contributed by atoms with Gasteiger partial charge in [-0.1, -0.05) is 13.0 Å². The van der Waals surface area contributed by atoms with E-state index in [9.17, 15) is 0 Å². The van der Waals surface area contributed by atoms with Crippen molar-refractivity contribution in [1.82, 2.24) is 4.98 Å². The van der Waals surface area contributed by atoms with Gasteiger partial charge in [-0.3, -0.25) is 0 Å². The maximum absolute atomic E-state index is 5.11. The fraction of sp³-hybridized carbons (Fsp3) is 0.167. The maximum Gasteiger partial charge on any atom is 0.108 e. The summed E-state index contributed by atoms with van der Waals surface area (Å²) in [6.07, 6.45) is 5.81. The molecular weight excluding hydrogens is 200 g/mol. The number of aromatic nitrogens is 1. The van der Waals surface area contributed by atoms with E-state index in [0.717, 1.165) is 22.9 Å². The highest BCUT2D eigenvalue weighted by atomic mass is 15.2. The second-order valence-corrected chi connectivity index (χ2v) is 3.49. The van der Waals surface area contributed by atoms with Crippen LogP contribution in [0.4, 0.5) is 0 Å². The van der Waals surface area contributed by atoms with Crippen molar-refractivity contribution in [2.24, 2.45) is 15.9 Å². The molecule has 1 heterocycles. The van der Waals surface area contributed by atoms with E-state index in [2.05, 4.69) is 40.3 Å². The smallest absolute Gasteiger partial charge is 0.108 e. The van der Waals surface area contributed by atoms with Crippen molar-refractivity contribution in [2.45, 2.75) is 13.3 Å². The molecule has 3 N–H and O–H groups in total. The van der Waals surface area contributed by atoms with Crippen LogP contribution < -0.4 is 5.73 Å². The highest BCUT2D eigenvalue weighted by molar-refractivity contribution is 5.99. The molecule has 2 rings (SSSR count). The summed E-state index contributed by atoms with van der Waals surface area (Å²) in [5.74, 6) is 0. The average molecular weight is 214 g/mol. The van der Waals surface area contributed by atoms with Gasteiger partial charge in [0.25, 0.3) is 0 Å². The molecule has 4 nitrogen and oxygen atoms in total. The van der Waals surface area contributed by atoms with E-state index in [1.807, 2.05) is 6.20 Å². The fourth-order valence-electron chi connectivity index (χ4n) is 1.65. The van der Waals surface area contributed by atoms with Gasteiger partial charge < -0.3 is 10.7 Å². The first-order valence-corrected chi connectivity index (χ1v) is 5.21. The zero-order valence-electron chi connectivity index (χ0n) is 9.14. The normalized spacial score (nSPS) is 12.1. The van der Waals surface area contributed by atoms with Gasteiger partial charge in [0.05, 0.1) is 6.21 Å². The summed E-state index contributed by atoms with van der Waals surface area (Å²) in [5.41, 5.74) is 8.55. The Kier molecular flexibility index (Phi) is 3.00. The molecule has 1 aromatic carbocycles. The third-order valence-corrected chi connectivity index (χ3v) is 2.52. The Balaban J connectivity index is 2.45. The minimum Gasteiger partial charge on any atom is -0.388 e. The molecule has 0 saturated carbocycles. The Labute approximate surface area is 93.9 Å². The van der Waals surface area contributed by atoms with Crippen LogP contribution in [0.15, 0.2) is 34.6 Å². The predicted octanol–water partition coefficient (Wildman–Crippen LogP) is 2.05. The molecule has 2 aromatic rings. The average Bonchev–Trinajstić information content (AvgIpc) is 2.72. The van der Waals surface area contributed by atoms with E-state index >= 15 is 0 Å². The SMILES string of the molecule is CCc1ccc2[nH]cc(/C=N/N=C\N)c2c1. The lowest BCUT2D eigenvalue weighted by molar-refractivity contribution is 1.15. The van der Waals surface area contributed by atoms with Gasteiger partial charge in [-0.05, 0) is 24.1 Å². The molecule has 0 aliphatic heterocycles. The summed E-state index contributed by atoms with van der Waals surface area (Å²) >= 11 is 0. The van der Waals surface area contributed by atoms with Crippen molar-refractivity contribution in [3.8, 4) is 0 Å². The van der Waals surface area contributed by atoms with Crippen LogP contribution in [-0.4, -0.2) is 17.5 Å². The summed E-state index contributed by atoms with van der Waals surface area (Å²) < 4.78 is 0. The molecule has 0 atom stereocenters. The number of fused-ring (bicyclic) bond motifs is 1. The zero-order chi connectivity index (χ0) is 11.4. The molecule has 0 fully saturated rings. The van der Waals surface area contributed by atoms with Crippen LogP contribution in [0.2, 0.25) is 0 Å². The molecule has 0 aliphatic carbocycles. The van der Waals surface area contributed by atoms with Crippen LogP contribution in [0.1, 0.15) is 18.1 Å². The number of nitrogens with zero attached hydrogens (tertiary/aromatic N) is 2. The van der Waals surface area contributed by atoms with E-state index in [4.69, 9.17) is 5.73 Å². The molecule has 16 heavy (non-hydrogen) atoms. The molecule has 1 aromatic heterocycles. The van der Waals surface area contributed by atoms with Crippen molar-refractivity contribution < 1.29 is 0 Å². The first-order valence-electron chi connectivity index (χ1n) is 5.21. The number of H-pyrrole nitrogens is 1. The van der Waals surface area contributed by atoms with Gasteiger partial charge in [-0.15, -0.1) is 5.10 Å². The van der Waals surface area contributed by atoms with Gasteiger partial charge in [-0.25, -0.2) is 0 Å². The highest BCUT2D eigenvalue weighted by Crippen LogP contribution is 2.18. The number of nitrogens with two attached hydrogens (primary N) is 1. The number of hydrogen-bond donors (Lipinski definition) is 2. The molecule has 4 heteroatoms. The number of hydrogen-bond acceptors (Lipinski definition) is 2. The van der Waals surface area contributed by atoms with Crippen molar-refractivity contribution >= 4 is 23.5 Å². The van der Waals surface area contributed by atoms with E-state index < -0.39 is 0 Å². The number of aryl methyl sites for hydroxylation is 1. The summed E-state index contributed by atoms with van der Waals surface area (Å²) in [4.78, 5) is 3.19. The summed E-state index contributed by atoms with van der Waals surface area (Å²) in [5, 5.41) is 8.60. The lowest BCUT2D eigenvalue weighted by Crippen LogP contribution is -1.86. The number of rotatable bonds is 3. The molecule has 82 valence electrons. The van der Waals surface area contributed by atoms with E-state index in [1.54, 1.807) is 6.21 Å². The number of nitrogens with one attached hydrogen (secondary N) is 1. The first kappa shape index (κ1) is 10.4. The van der Waals surface area contributed by atoms with Gasteiger partial charge in [0.1, 0.15) is 6.34 Å². The molecule has 0 unspecified atom stereocenters. The maximum atomic E-state index is 5.11. The van der Waals surface area contributed by atoms with E-state index in [0.29, 0.717) is 0 Å². The summed E-state index contributed by atoms with van der Waals surface area (Å²) in [6, 6.07) is 6.37. The highest BCUT2D eigenvalue weighted by Gasteiger charge is 2.01. The molecule has 0 amide bonds. The second-order valence-electron chi connectivity index (χ2n) is 3.49. The van der Waals surface area contributed by atoms with Crippen LogP contribution in [0.3, 0.4) is 0 Å². The van der Waals surface area contributed by atoms with Crippen molar-refractivity contribution in [2.75, 3.05) is 0 Å². The largest absolute Gasteiger partial charge is 0.388 e. The summed E-state index contributed by atoms with van der Waals surface area (Å²) in [6.45, 7) is 2.14. The molecule has 0 saturated heterocycles. The quantitative estimate of drug-likeness (QED) is 0.458. The predicted molar refractivity (Wildman–Crippen MR) is 68.0 cm³/mol. The van der Waals surface area contributed by atoms with Gasteiger partial charge in [-0.2, -0.15) is 5.10 Å². The van der Waals surface area contributed by atoms with Crippen molar-refractivity contribution in [3.05, 3.63) is 35.5 Å². The topological polar surface area (TPSA) is 66.5 Å². The van der Waals surface area contributed by atoms with Gasteiger partial charge in [0.2, 0.25) is 0 Å². The van der Waals surface area contributed by atoms with E-state index in [-0.39, 0.29) is 0 Å². The Hall–Kier alpha value is -2.10. The molecule has 0 bridgehead atoms. The third kappa shape index (κ3) is 1.95. The number of aromatic amines is 1. The van der Waals surface area contributed by atoms with Crippen LogP contribution in [-0.2, 0) is 6.42 Å². The monoisotopic (exact) mass is 214 g/mol. The Morgan fingerprint density at radius 3 is 3.00 bits per heavy atom. The Morgan fingerprint density at radius 2 is 2.25 bits per heavy atom. The fourth-order valence-corrected chi connectivity index (χ4v) is 1.65. The lowest BCUT2D eigenvalue weighted by atomic mass is 10.1. The van der Waals surface area contributed by atoms with Crippen molar-refractivity contribution in [3.63, 3.8) is 0 Å². The third-order valence-electron chi connectivity index (χ3n) is 2.52. The molecular formula is C12H14N4. The second kappa shape index (κ2) is 4.61. The Morgan fingerprint density at radius 1 is 1.38 bits per heavy atom. The standard InChI is InChI=1S/C12H14N4/c1-2-9-3-4-12-11(5-9)10(6-14-12)7-15-16-8-13/h3-8,14H,2H2,1H3,(H2,13,16)/b15-7+. The minimum absolute atomic E-state index is 1.02. The van der Waals surface area contributed by atoms with Gasteiger partial charge in [0, 0.05) is 22.7 Å². The van der Waals surface area contributed by atoms with Crippen LogP contribution in [0.5, 0.6) is 0 Å². The van der Waals surface area contributed by atoms with Crippen LogP contribution in [0, 0.1) is 0 Å².